The number of rotatable bonds is 7. The predicted molar refractivity (Wildman–Crippen MR) is 119 cm³/mol. The number of hydrogen-bond donors (Lipinski definition) is 1. The smallest absolute Gasteiger partial charge is 0.229 e. The molecule has 1 aromatic heterocycles. The lowest BCUT2D eigenvalue weighted by Crippen LogP contribution is -2.43. The van der Waals surface area contributed by atoms with Crippen LogP contribution in [0.3, 0.4) is 0 Å². The van der Waals surface area contributed by atoms with Crippen LogP contribution in [0.5, 0.6) is 0 Å². The Bertz CT molecular complexity index is 873. The number of aromatic nitrogens is 2. The maximum absolute atomic E-state index is 12.9. The molecule has 0 radical (unpaired) electrons. The summed E-state index contributed by atoms with van der Waals surface area (Å²) < 4.78 is 2.06. The molecule has 2 aromatic rings. The van der Waals surface area contributed by atoms with E-state index in [1.165, 1.54) is 5.56 Å². The lowest BCUT2D eigenvalue weighted by Gasteiger charge is -2.32. The third kappa shape index (κ3) is 5.49. The van der Waals surface area contributed by atoms with Gasteiger partial charge < -0.3 is 10.2 Å². The molecular formula is C24H34N4O2. The Balaban J connectivity index is 1.55. The highest BCUT2D eigenvalue weighted by Gasteiger charge is 2.28. The first-order valence-electron chi connectivity index (χ1n) is 11.0. The summed E-state index contributed by atoms with van der Waals surface area (Å²) in [6.07, 6.45) is 2.85. The lowest BCUT2D eigenvalue weighted by atomic mass is 9.96. The molecular weight excluding hydrogens is 376 g/mol. The molecule has 1 atom stereocenters. The van der Waals surface area contributed by atoms with E-state index in [-0.39, 0.29) is 17.7 Å². The van der Waals surface area contributed by atoms with E-state index in [2.05, 4.69) is 35.9 Å². The number of carbonyl (C=O) groups is 2. The van der Waals surface area contributed by atoms with Crippen LogP contribution in [-0.2, 0) is 22.6 Å². The Labute approximate surface area is 179 Å². The molecule has 30 heavy (non-hydrogen) atoms. The quantitative estimate of drug-likeness (QED) is 0.751. The molecule has 1 aliphatic heterocycles. The van der Waals surface area contributed by atoms with Gasteiger partial charge in [-0.05, 0) is 56.7 Å². The molecule has 1 N–H and O–H groups in total. The van der Waals surface area contributed by atoms with Crippen molar-refractivity contribution in [2.45, 2.75) is 59.9 Å². The number of hydrogen-bond acceptors (Lipinski definition) is 3. The Morgan fingerprint density at radius 1 is 1.20 bits per heavy atom. The highest BCUT2D eigenvalue weighted by atomic mass is 16.2. The SMILES string of the molecule is Cc1nn(CC(C)C)c(C)c1CCC(=O)N1CCCC(C(=O)Nc2ccccc2)C1. The maximum atomic E-state index is 12.9. The Hall–Kier alpha value is -2.63. The normalized spacial score (nSPS) is 16.7. The number of benzene rings is 1. The zero-order chi connectivity index (χ0) is 21.7. The van der Waals surface area contributed by atoms with E-state index in [1.54, 1.807) is 0 Å². The molecule has 2 heterocycles. The number of aryl methyl sites for hydroxylation is 1. The fourth-order valence-electron chi connectivity index (χ4n) is 4.19. The van der Waals surface area contributed by atoms with Gasteiger partial charge in [0.2, 0.25) is 11.8 Å². The van der Waals surface area contributed by atoms with Gasteiger partial charge in [-0.3, -0.25) is 14.3 Å². The first-order chi connectivity index (χ1) is 14.3. The first kappa shape index (κ1) is 22.1. The number of carbonyl (C=O) groups excluding carboxylic acids is 2. The Morgan fingerprint density at radius 2 is 1.93 bits per heavy atom. The van der Waals surface area contributed by atoms with Crippen LogP contribution in [0.25, 0.3) is 0 Å². The summed E-state index contributed by atoms with van der Waals surface area (Å²) in [5, 5.41) is 7.63. The van der Waals surface area contributed by atoms with Crippen LogP contribution in [0.2, 0.25) is 0 Å². The second-order valence-electron chi connectivity index (χ2n) is 8.76. The highest BCUT2D eigenvalue weighted by Crippen LogP contribution is 2.21. The van der Waals surface area contributed by atoms with Gasteiger partial charge in [-0.25, -0.2) is 0 Å². The van der Waals surface area contributed by atoms with Gasteiger partial charge in [0.1, 0.15) is 0 Å². The molecule has 0 bridgehead atoms. The van der Waals surface area contributed by atoms with E-state index >= 15 is 0 Å². The summed E-state index contributed by atoms with van der Waals surface area (Å²) in [5.41, 5.74) is 4.15. The number of nitrogens with one attached hydrogen (secondary N) is 1. The molecule has 1 aromatic carbocycles. The third-order valence-electron chi connectivity index (χ3n) is 5.84. The van der Waals surface area contributed by atoms with Crippen LogP contribution in [-0.4, -0.2) is 39.6 Å². The van der Waals surface area contributed by atoms with Gasteiger partial charge in [-0.1, -0.05) is 32.0 Å². The van der Waals surface area contributed by atoms with Crippen molar-refractivity contribution in [1.82, 2.24) is 14.7 Å². The van der Waals surface area contributed by atoms with Crippen LogP contribution >= 0.6 is 0 Å². The Morgan fingerprint density at radius 3 is 2.63 bits per heavy atom. The summed E-state index contributed by atoms with van der Waals surface area (Å²) in [7, 11) is 0. The summed E-state index contributed by atoms with van der Waals surface area (Å²) in [6.45, 7) is 10.6. The van der Waals surface area contributed by atoms with Crippen LogP contribution in [0, 0.1) is 25.7 Å². The number of amides is 2. The molecule has 2 amide bonds. The summed E-state index contributed by atoms with van der Waals surface area (Å²) in [6, 6.07) is 9.49. The van der Waals surface area contributed by atoms with Crippen LogP contribution < -0.4 is 5.32 Å². The topological polar surface area (TPSA) is 67.2 Å². The van der Waals surface area contributed by atoms with Crippen molar-refractivity contribution >= 4 is 17.5 Å². The molecule has 162 valence electrons. The minimum absolute atomic E-state index is 0.000325. The molecule has 0 aliphatic carbocycles. The van der Waals surface area contributed by atoms with Gasteiger partial charge in [0.05, 0.1) is 11.6 Å². The average molecular weight is 411 g/mol. The maximum Gasteiger partial charge on any atom is 0.229 e. The summed E-state index contributed by atoms with van der Waals surface area (Å²) >= 11 is 0. The number of piperidine rings is 1. The van der Waals surface area contributed by atoms with E-state index in [9.17, 15) is 9.59 Å². The summed E-state index contributed by atoms with van der Waals surface area (Å²) in [4.78, 5) is 27.4. The second-order valence-corrected chi connectivity index (χ2v) is 8.76. The molecule has 1 fully saturated rings. The van der Waals surface area contributed by atoms with Crippen molar-refractivity contribution in [1.29, 1.82) is 0 Å². The molecule has 0 spiro atoms. The van der Waals surface area contributed by atoms with Gasteiger partial charge >= 0.3 is 0 Å². The molecule has 1 unspecified atom stereocenters. The van der Waals surface area contributed by atoms with Crippen molar-refractivity contribution in [3.05, 3.63) is 47.3 Å². The standard InChI is InChI=1S/C24H34N4O2/c1-17(2)15-28-19(4)22(18(3)26-28)12-13-23(29)27-14-8-9-20(16-27)24(30)25-21-10-6-5-7-11-21/h5-7,10-11,17,20H,8-9,12-16H2,1-4H3,(H,25,30). The largest absolute Gasteiger partial charge is 0.342 e. The van der Waals surface area contributed by atoms with E-state index in [1.807, 2.05) is 42.2 Å². The van der Waals surface area contributed by atoms with Gasteiger partial charge in [0.15, 0.2) is 0 Å². The monoisotopic (exact) mass is 410 g/mol. The fourth-order valence-corrected chi connectivity index (χ4v) is 4.19. The van der Waals surface area contributed by atoms with E-state index < -0.39 is 0 Å². The van der Waals surface area contributed by atoms with Gasteiger partial charge in [0.25, 0.3) is 0 Å². The molecule has 0 saturated carbocycles. The zero-order valence-corrected chi connectivity index (χ0v) is 18.6. The van der Waals surface area contributed by atoms with Gasteiger partial charge in [-0.15, -0.1) is 0 Å². The third-order valence-corrected chi connectivity index (χ3v) is 5.84. The van der Waals surface area contributed by atoms with E-state index in [4.69, 9.17) is 0 Å². The van der Waals surface area contributed by atoms with E-state index in [0.29, 0.717) is 25.3 Å². The predicted octanol–water partition coefficient (Wildman–Crippen LogP) is 3.97. The summed E-state index contributed by atoms with van der Waals surface area (Å²) in [5.74, 6) is 0.507. The molecule has 3 rings (SSSR count). The van der Waals surface area contributed by atoms with Crippen LogP contribution in [0.1, 0.15) is 50.1 Å². The van der Waals surface area contributed by atoms with Gasteiger partial charge in [-0.2, -0.15) is 5.10 Å². The molecule has 6 nitrogen and oxygen atoms in total. The van der Waals surface area contributed by atoms with Gasteiger partial charge in [0, 0.05) is 37.4 Å². The van der Waals surface area contributed by atoms with Crippen molar-refractivity contribution in [2.24, 2.45) is 11.8 Å². The zero-order valence-electron chi connectivity index (χ0n) is 18.6. The van der Waals surface area contributed by atoms with Crippen molar-refractivity contribution in [3.8, 4) is 0 Å². The number of anilines is 1. The minimum atomic E-state index is -0.153. The minimum Gasteiger partial charge on any atom is -0.342 e. The molecule has 1 saturated heterocycles. The number of nitrogens with zero attached hydrogens (tertiary/aromatic N) is 3. The van der Waals surface area contributed by atoms with E-state index in [0.717, 1.165) is 43.0 Å². The molecule has 6 heteroatoms. The highest BCUT2D eigenvalue weighted by molar-refractivity contribution is 5.93. The fraction of sp³-hybridized carbons (Fsp3) is 0.542. The first-order valence-corrected chi connectivity index (χ1v) is 11.0. The Kier molecular flexibility index (Phi) is 7.29. The van der Waals surface area contributed by atoms with Crippen molar-refractivity contribution < 1.29 is 9.59 Å². The lowest BCUT2D eigenvalue weighted by molar-refractivity contribution is -0.134. The second kappa shape index (κ2) is 9.92. The van der Waals surface area contributed by atoms with Crippen LogP contribution in [0.15, 0.2) is 30.3 Å². The number of likely N-dealkylation sites (tertiary alicyclic amines) is 1. The average Bonchev–Trinajstić information content (AvgIpc) is 2.99. The van der Waals surface area contributed by atoms with Crippen LogP contribution in [0.4, 0.5) is 5.69 Å². The molecule has 1 aliphatic rings. The van der Waals surface area contributed by atoms with Crippen molar-refractivity contribution in [2.75, 3.05) is 18.4 Å². The number of para-hydroxylation sites is 1. The van der Waals surface area contributed by atoms with Crippen molar-refractivity contribution in [3.63, 3.8) is 0 Å².